The van der Waals surface area contributed by atoms with Crippen LogP contribution in [0, 0.1) is 17.8 Å². The fourth-order valence-electron chi connectivity index (χ4n) is 12.0. The second-order valence-electron chi connectivity index (χ2n) is 23.2. The van der Waals surface area contributed by atoms with E-state index in [0.29, 0.717) is 59.5 Å². The van der Waals surface area contributed by atoms with Gasteiger partial charge in [-0.15, -0.1) is 0 Å². The monoisotopic (exact) mass is 1110 g/mol. The molecule has 4 aliphatic heterocycles. The Kier molecular flexibility index (Phi) is 20.0. The van der Waals surface area contributed by atoms with E-state index in [1.54, 1.807) is 66.7 Å². The number of nitrogens with zero attached hydrogens (tertiary/aromatic N) is 3. The van der Waals surface area contributed by atoms with Gasteiger partial charge in [0.1, 0.15) is 47.2 Å². The number of halogens is 1. The summed E-state index contributed by atoms with van der Waals surface area (Å²) >= 11 is 6.39. The molecule has 20 heteroatoms. The number of rotatable bonds is 13. The molecular formula is C58H85ClN4O15. The minimum Gasteiger partial charge on any atom is -0.459 e. The van der Waals surface area contributed by atoms with Gasteiger partial charge in [0, 0.05) is 73.9 Å². The van der Waals surface area contributed by atoms with Crippen LogP contribution in [0.15, 0.2) is 53.0 Å². The molecule has 18 atom stereocenters. The van der Waals surface area contributed by atoms with Crippen molar-refractivity contribution in [1.82, 2.24) is 20.1 Å². The molecule has 4 aliphatic rings. The van der Waals surface area contributed by atoms with E-state index < -0.39 is 102 Å². The highest BCUT2D eigenvalue weighted by Crippen LogP contribution is 2.48. The van der Waals surface area contributed by atoms with E-state index in [4.69, 9.17) is 54.2 Å². The highest BCUT2D eigenvalue weighted by molar-refractivity contribution is 6.31. The van der Waals surface area contributed by atoms with E-state index in [9.17, 15) is 35.1 Å². The molecule has 434 valence electrons. The molecule has 0 spiro atoms. The van der Waals surface area contributed by atoms with E-state index in [2.05, 4.69) is 5.32 Å². The molecule has 6 N–H and O–H groups in total. The third-order valence-corrected chi connectivity index (χ3v) is 16.8. The molecule has 19 nitrogen and oxygen atoms in total. The number of hydrogen-bond donors (Lipinski definition) is 6. The molecule has 3 aromatic rings. The number of methoxy groups -OCH3 is 1. The van der Waals surface area contributed by atoms with Gasteiger partial charge in [0.15, 0.2) is 18.3 Å². The van der Waals surface area contributed by atoms with Crippen LogP contribution in [0.4, 0.5) is 0 Å². The number of aliphatic hydroxyl groups excluding tert-OH is 3. The maximum Gasteiger partial charge on any atom is 0.311 e. The highest BCUT2D eigenvalue weighted by Gasteiger charge is 2.53. The molecule has 0 bridgehead atoms. The van der Waals surface area contributed by atoms with Gasteiger partial charge in [-0.05, 0) is 124 Å². The molecule has 3 fully saturated rings. The molecule has 7 rings (SSSR count). The number of nitrogens with one attached hydrogen (secondary N) is 1. The molecule has 0 aliphatic carbocycles. The van der Waals surface area contributed by atoms with Gasteiger partial charge in [0.2, 0.25) is 11.8 Å². The second kappa shape index (κ2) is 25.4. The number of esters is 1. The second-order valence-corrected chi connectivity index (χ2v) is 23.6. The number of carbonyl (C=O) groups excluding carboxylic acids is 2. The van der Waals surface area contributed by atoms with E-state index >= 15 is 0 Å². The maximum absolute atomic E-state index is 14.7. The first kappa shape index (κ1) is 61.6. The van der Waals surface area contributed by atoms with E-state index in [0.717, 1.165) is 5.56 Å². The first-order valence-electron chi connectivity index (χ1n) is 27.5. The number of amides is 1. The van der Waals surface area contributed by atoms with Gasteiger partial charge >= 0.3 is 5.97 Å². The first-order chi connectivity index (χ1) is 36.7. The number of oxazole rings is 1. The Hall–Kier alpha value is -4.06. The molecule has 1 amide bonds. The molecule has 1 aromatic heterocycles. The summed E-state index contributed by atoms with van der Waals surface area (Å²) in [6.07, 6.45) is -6.13. The lowest BCUT2D eigenvalue weighted by atomic mass is 9.77. The maximum atomic E-state index is 14.7. The molecule has 5 heterocycles. The van der Waals surface area contributed by atoms with Gasteiger partial charge in [-0.2, -0.15) is 0 Å². The lowest BCUT2D eigenvalue weighted by Crippen LogP contribution is -2.60. The highest BCUT2D eigenvalue weighted by atomic mass is 35.5. The molecular weight excluding hydrogens is 1030 g/mol. The van der Waals surface area contributed by atoms with Crippen molar-refractivity contribution in [2.75, 3.05) is 40.8 Å². The van der Waals surface area contributed by atoms with Crippen LogP contribution < -0.4 is 10.1 Å². The quantitative estimate of drug-likeness (QED) is 0.0471. The predicted molar refractivity (Wildman–Crippen MR) is 292 cm³/mol. The molecule has 78 heavy (non-hydrogen) atoms. The van der Waals surface area contributed by atoms with Crippen LogP contribution in [0.5, 0.6) is 11.5 Å². The van der Waals surface area contributed by atoms with Crippen LogP contribution in [-0.2, 0) is 38.0 Å². The van der Waals surface area contributed by atoms with Crippen LogP contribution in [-0.4, -0.2) is 183 Å². The molecule has 0 saturated carbocycles. The van der Waals surface area contributed by atoms with Crippen LogP contribution >= 0.6 is 11.6 Å². The molecule has 0 radical (unpaired) electrons. The number of ether oxygens (including phenoxy) is 7. The SMILES string of the molecule is CC[C@H]1OC(=O)[C@H](C)[C@@H](O[C@@H]2C[C@@](C)(OC)[C@@H](O)[C@@H](C)O2)[C@H](C)[C@@H](O[C@@H]2O[C@H](C)C[C@H](N(C)C)[C@H]2O)[C@](C)(O)C[C@@H](C)CN(CCCNC(=O)/C=C/c2nc3c(o2)-c2cc(Cl)ccc2Oc2ccccc2-3)[C@H](C)[C@@H](O)[C@]1(C)O. The van der Waals surface area contributed by atoms with Crippen molar-refractivity contribution in [2.24, 2.45) is 17.8 Å². The lowest BCUT2D eigenvalue weighted by molar-refractivity contribution is -0.318. The molecule has 0 unspecified atom stereocenters. The van der Waals surface area contributed by atoms with Gasteiger partial charge in [-0.3, -0.25) is 14.5 Å². The summed E-state index contributed by atoms with van der Waals surface area (Å²) in [5.74, 6) is -1.60. The summed E-state index contributed by atoms with van der Waals surface area (Å²) in [6.45, 7) is 18.3. The first-order valence-corrected chi connectivity index (χ1v) is 27.9. The van der Waals surface area contributed by atoms with Gasteiger partial charge < -0.3 is 73.3 Å². The van der Waals surface area contributed by atoms with Crippen LogP contribution in [0.25, 0.3) is 28.7 Å². The largest absolute Gasteiger partial charge is 0.459 e. The third-order valence-electron chi connectivity index (χ3n) is 16.5. The Bertz CT molecular complexity index is 2540. The number of aliphatic hydroxyl groups is 5. The Morgan fingerprint density at radius 2 is 1.67 bits per heavy atom. The number of para-hydroxylation sites is 1. The van der Waals surface area contributed by atoms with Crippen molar-refractivity contribution >= 4 is 29.6 Å². The topological polar surface area (TPSA) is 244 Å². The van der Waals surface area contributed by atoms with Gasteiger partial charge in [-0.25, -0.2) is 4.98 Å². The van der Waals surface area contributed by atoms with Crippen LogP contribution in [0.3, 0.4) is 0 Å². The van der Waals surface area contributed by atoms with E-state index in [1.165, 1.54) is 26.2 Å². The molecule has 3 saturated heterocycles. The summed E-state index contributed by atoms with van der Waals surface area (Å²) in [5, 5.41) is 63.8. The fourth-order valence-corrected chi connectivity index (χ4v) is 12.2. The standard InChI is InChI=1S/C58H85ClN4O15/c1-14-43-58(10,70)51(66)35(6)63(25-17-24-60-44(64)22-23-45-61-47-38-18-15-16-19-41(38)74-42-21-20-37(59)27-39(42)50(47)76-45)30-31(2)28-56(8,69)53(78-55-48(65)40(62(11)12)26-32(3)72-55)33(4)49(34(5)54(68)75-43)77-46-29-57(9,71-13)52(67)36(7)73-46/h15-16,18-23,27,31-36,40,43,46,48-49,51-53,55,65-67,69-70H,14,17,24-26,28-30H2,1-13H3,(H,60,64)/b23-22+/t31-,32-,33+,34-,35-,36-,40+,43-,46-,48-,49+,51-,52+,53-,55+,56-,57-,58-/m1/s1. The van der Waals surface area contributed by atoms with E-state index in [1.807, 2.05) is 62.0 Å². The summed E-state index contributed by atoms with van der Waals surface area (Å²) in [6, 6.07) is 11.6. The number of cyclic esters (lactones) is 1. The zero-order valence-corrected chi connectivity index (χ0v) is 48.3. The zero-order chi connectivity index (χ0) is 57.2. The Morgan fingerprint density at radius 1 is 0.962 bits per heavy atom. The summed E-state index contributed by atoms with van der Waals surface area (Å²) < 4.78 is 50.6. The average Bonchev–Trinajstić information content (AvgIpc) is 3.79. The van der Waals surface area contributed by atoms with Gasteiger partial charge in [-0.1, -0.05) is 44.5 Å². The Labute approximate surface area is 464 Å². The summed E-state index contributed by atoms with van der Waals surface area (Å²) in [5.41, 5.74) is -2.85. The number of likely N-dealkylation sites (N-methyl/N-ethyl adjacent to an activating group) is 1. The number of fused-ring (bicyclic) bond motifs is 5. The number of carbonyl (C=O) groups is 2. The van der Waals surface area contributed by atoms with Crippen molar-refractivity contribution in [3.05, 3.63) is 59.5 Å². The minimum atomic E-state index is -1.96. The van der Waals surface area contributed by atoms with Crippen molar-refractivity contribution < 1.29 is 72.7 Å². The molecule has 2 aromatic carbocycles. The Balaban J connectivity index is 1.14. The van der Waals surface area contributed by atoms with Gasteiger partial charge in [0.25, 0.3) is 0 Å². The van der Waals surface area contributed by atoms with Crippen LogP contribution in [0.1, 0.15) is 107 Å². The normalized spacial score (nSPS) is 37.3. The predicted octanol–water partition coefficient (Wildman–Crippen LogP) is 6.57. The number of aromatic nitrogens is 1. The fraction of sp³-hybridized carbons (Fsp3) is 0.672. The van der Waals surface area contributed by atoms with Crippen LogP contribution in [0.2, 0.25) is 5.02 Å². The third kappa shape index (κ3) is 13.6. The van der Waals surface area contributed by atoms with Crippen molar-refractivity contribution in [3.8, 4) is 34.1 Å². The van der Waals surface area contributed by atoms with Gasteiger partial charge in [0.05, 0.1) is 47.1 Å². The summed E-state index contributed by atoms with van der Waals surface area (Å²) in [7, 11) is 5.24. The Morgan fingerprint density at radius 3 is 2.36 bits per heavy atom. The number of hydrogen-bond acceptors (Lipinski definition) is 18. The van der Waals surface area contributed by atoms with Crippen molar-refractivity contribution in [2.45, 2.75) is 192 Å². The van der Waals surface area contributed by atoms with Crippen molar-refractivity contribution in [1.29, 1.82) is 0 Å². The zero-order valence-electron chi connectivity index (χ0n) is 47.6. The van der Waals surface area contributed by atoms with E-state index in [-0.39, 0.29) is 49.8 Å². The lowest BCUT2D eigenvalue weighted by Gasteiger charge is -2.48. The minimum absolute atomic E-state index is 0.0838. The average molecular weight is 1110 g/mol. The number of benzene rings is 2. The van der Waals surface area contributed by atoms with Crippen molar-refractivity contribution in [3.63, 3.8) is 0 Å². The smallest absolute Gasteiger partial charge is 0.311 e. The summed E-state index contributed by atoms with van der Waals surface area (Å²) in [4.78, 5) is 36.6.